The Kier molecular flexibility index (Phi) is 5.46. The van der Waals surface area contributed by atoms with Crippen LogP contribution in [0, 0.1) is 22.7 Å². The summed E-state index contributed by atoms with van der Waals surface area (Å²) < 4.78 is 7.11. The van der Waals surface area contributed by atoms with Gasteiger partial charge in [0.15, 0.2) is 0 Å². The number of rotatable bonds is 2. The number of aromatic nitrogens is 3. The standard InChI is InChI=1S/C46H25N5/c47-26-28-20-29(27-48)22-32(21-28)49-39-18-6-5-14-34(39)38-24-43-44(25-42(38)49)51-41(30-10-2-1-3-11-30)23-31-12-8-15-36(45(31)51)37-17-9-16-35-33-13-4-7-19-40(33)50(43)46(35)37/h1-25H. The number of nitrogens with zero attached hydrogens (tertiary/aromatic N) is 5. The van der Waals surface area contributed by atoms with Crippen LogP contribution in [0.15, 0.2) is 152 Å². The molecule has 11 aromatic rings. The normalized spacial score (nSPS) is 11.9. The Morgan fingerprint density at radius 2 is 0.980 bits per heavy atom. The molecule has 5 heteroatoms. The molecule has 234 valence electrons. The fourth-order valence-electron chi connectivity index (χ4n) is 8.53. The van der Waals surface area contributed by atoms with Gasteiger partial charge in [-0.1, -0.05) is 103 Å². The molecule has 0 aliphatic heterocycles. The van der Waals surface area contributed by atoms with Crippen LogP contribution >= 0.6 is 0 Å². The minimum Gasteiger partial charge on any atom is -0.309 e. The molecule has 7 aromatic carbocycles. The van der Waals surface area contributed by atoms with E-state index in [1.165, 1.54) is 32.4 Å². The van der Waals surface area contributed by atoms with Crippen LogP contribution in [0.4, 0.5) is 0 Å². The van der Waals surface area contributed by atoms with Crippen molar-refractivity contribution >= 4 is 76.3 Å². The minimum absolute atomic E-state index is 0.450. The lowest BCUT2D eigenvalue weighted by Gasteiger charge is -2.14. The maximum Gasteiger partial charge on any atom is 0.0992 e. The van der Waals surface area contributed by atoms with Gasteiger partial charge in [0.05, 0.1) is 67.6 Å². The van der Waals surface area contributed by atoms with Crippen LogP contribution in [-0.2, 0) is 0 Å². The van der Waals surface area contributed by atoms with Crippen molar-refractivity contribution in [3.05, 3.63) is 163 Å². The third-order valence-electron chi connectivity index (χ3n) is 10.6. The summed E-state index contributed by atoms with van der Waals surface area (Å²) in [6, 6.07) is 58.0. The van der Waals surface area contributed by atoms with Crippen LogP contribution in [0.25, 0.3) is 93.3 Å². The molecule has 4 heterocycles. The minimum atomic E-state index is 0.450. The molecule has 0 unspecified atom stereocenters. The first-order chi connectivity index (χ1) is 25.2. The van der Waals surface area contributed by atoms with E-state index in [9.17, 15) is 10.5 Å². The third-order valence-corrected chi connectivity index (χ3v) is 10.6. The first-order valence-corrected chi connectivity index (χ1v) is 17.0. The predicted octanol–water partition coefficient (Wildman–Crippen LogP) is 11.3. The highest BCUT2D eigenvalue weighted by molar-refractivity contribution is 6.23. The molecule has 4 aromatic heterocycles. The summed E-state index contributed by atoms with van der Waals surface area (Å²) in [6.07, 6.45) is 0. The number of hydrogen-bond donors (Lipinski definition) is 0. The first-order valence-electron chi connectivity index (χ1n) is 17.0. The molecule has 0 aliphatic rings. The summed E-state index contributed by atoms with van der Waals surface area (Å²) in [5, 5.41) is 28.1. The maximum atomic E-state index is 9.96. The highest BCUT2D eigenvalue weighted by Crippen LogP contribution is 2.42. The predicted molar refractivity (Wildman–Crippen MR) is 208 cm³/mol. The largest absolute Gasteiger partial charge is 0.309 e. The van der Waals surface area contributed by atoms with Gasteiger partial charge < -0.3 is 13.4 Å². The van der Waals surface area contributed by atoms with Crippen LogP contribution in [0.2, 0.25) is 0 Å². The smallest absolute Gasteiger partial charge is 0.0992 e. The molecule has 11 rings (SSSR count). The molecule has 5 nitrogen and oxygen atoms in total. The molecular weight excluding hydrogens is 623 g/mol. The number of hydrogen-bond acceptors (Lipinski definition) is 2. The van der Waals surface area contributed by atoms with Crippen molar-refractivity contribution < 1.29 is 0 Å². The Morgan fingerprint density at radius 3 is 1.73 bits per heavy atom. The molecule has 0 aliphatic carbocycles. The van der Waals surface area contributed by atoms with Crippen LogP contribution < -0.4 is 0 Å². The van der Waals surface area contributed by atoms with E-state index in [4.69, 9.17) is 0 Å². The summed E-state index contributed by atoms with van der Waals surface area (Å²) in [6.45, 7) is 0. The lowest BCUT2D eigenvalue weighted by Crippen LogP contribution is -1.99. The van der Waals surface area contributed by atoms with Crippen molar-refractivity contribution in [3.63, 3.8) is 0 Å². The quantitative estimate of drug-likeness (QED) is 0.187. The number of fused-ring (bicyclic) bond motifs is 10. The molecule has 0 N–H and O–H groups in total. The van der Waals surface area contributed by atoms with E-state index < -0.39 is 0 Å². The van der Waals surface area contributed by atoms with E-state index in [2.05, 4.69) is 153 Å². The molecule has 0 radical (unpaired) electrons. The lowest BCUT2D eigenvalue weighted by molar-refractivity contribution is 1.17. The second-order valence-corrected chi connectivity index (χ2v) is 13.2. The average Bonchev–Trinajstić information content (AvgIpc) is 3.85. The maximum absolute atomic E-state index is 9.96. The van der Waals surface area contributed by atoms with E-state index in [-0.39, 0.29) is 0 Å². The molecule has 0 saturated heterocycles. The summed E-state index contributed by atoms with van der Waals surface area (Å²) >= 11 is 0. The van der Waals surface area contributed by atoms with Crippen LogP contribution in [0.3, 0.4) is 0 Å². The van der Waals surface area contributed by atoms with Gasteiger partial charge in [0.25, 0.3) is 0 Å². The zero-order valence-corrected chi connectivity index (χ0v) is 27.2. The van der Waals surface area contributed by atoms with Gasteiger partial charge in [0, 0.05) is 43.4 Å². The number of para-hydroxylation sites is 4. The molecule has 51 heavy (non-hydrogen) atoms. The van der Waals surface area contributed by atoms with Crippen LogP contribution in [-0.4, -0.2) is 13.4 Å². The zero-order valence-electron chi connectivity index (χ0n) is 27.2. The molecule has 0 atom stereocenters. The molecule has 0 bridgehead atoms. The fourth-order valence-corrected chi connectivity index (χ4v) is 8.53. The van der Waals surface area contributed by atoms with Gasteiger partial charge in [0.2, 0.25) is 0 Å². The van der Waals surface area contributed by atoms with Gasteiger partial charge in [-0.15, -0.1) is 0 Å². The molecule has 0 saturated carbocycles. The van der Waals surface area contributed by atoms with E-state index in [0.29, 0.717) is 11.1 Å². The Hall–Kier alpha value is -7.34. The van der Waals surface area contributed by atoms with Crippen molar-refractivity contribution in [2.45, 2.75) is 0 Å². The molecule has 0 amide bonds. The highest BCUT2D eigenvalue weighted by Gasteiger charge is 2.21. The monoisotopic (exact) mass is 647 g/mol. The van der Waals surface area contributed by atoms with Crippen molar-refractivity contribution in [2.24, 2.45) is 0 Å². The topological polar surface area (TPSA) is 61.3 Å². The van der Waals surface area contributed by atoms with Crippen LogP contribution in [0.1, 0.15) is 11.1 Å². The Bertz CT molecular complexity index is 3350. The Morgan fingerprint density at radius 1 is 0.392 bits per heavy atom. The molecular formula is C46H25N5. The second-order valence-electron chi connectivity index (χ2n) is 13.2. The summed E-state index contributed by atoms with van der Waals surface area (Å²) in [5.74, 6) is 0. The van der Waals surface area contributed by atoms with Crippen LogP contribution in [0.5, 0.6) is 0 Å². The van der Waals surface area contributed by atoms with Crippen molar-refractivity contribution in [1.29, 1.82) is 10.5 Å². The van der Waals surface area contributed by atoms with Gasteiger partial charge in [0.1, 0.15) is 0 Å². The van der Waals surface area contributed by atoms with Crippen molar-refractivity contribution in [3.8, 4) is 29.1 Å². The van der Waals surface area contributed by atoms with Gasteiger partial charge in [-0.05, 0) is 54.1 Å². The summed E-state index contributed by atoms with van der Waals surface area (Å²) in [4.78, 5) is 0. The molecule has 0 spiro atoms. The van der Waals surface area contributed by atoms with Gasteiger partial charge in [-0.2, -0.15) is 10.5 Å². The fraction of sp³-hybridized carbons (Fsp3) is 0. The molecule has 0 fully saturated rings. The average molecular weight is 648 g/mol. The van der Waals surface area contributed by atoms with E-state index in [1.807, 2.05) is 18.2 Å². The highest BCUT2D eigenvalue weighted by atomic mass is 15.0. The lowest BCUT2D eigenvalue weighted by atomic mass is 10.1. The summed E-state index contributed by atoms with van der Waals surface area (Å²) in [5.41, 5.74) is 11.5. The number of nitriles is 2. The van der Waals surface area contributed by atoms with E-state index in [0.717, 1.165) is 60.8 Å². The van der Waals surface area contributed by atoms with Crippen molar-refractivity contribution in [2.75, 3.05) is 0 Å². The van der Waals surface area contributed by atoms with Gasteiger partial charge in [-0.25, -0.2) is 0 Å². The summed E-state index contributed by atoms with van der Waals surface area (Å²) in [7, 11) is 0. The van der Waals surface area contributed by atoms with Gasteiger partial charge in [-0.3, -0.25) is 0 Å². The third kappa shape index (κ3) is 3.67. The van der Waals surface area contributed by atoms with Gasteiger partial charge >= 0.3 is 0 Å². The zero-order chi connectivity index (χ0) is 33.8. The Balaban J connectivity index is 1.48. The van der Waals surface area contributed by atoms with E-state index in [1.54, 1.807) is 6.07 Å². The van der Waals surface area contributed by atoms with Crippen molar-refractivity contribution in [1.82, 2.24) is 13.4 Å². The second kappa shape index (κ2) is 10.1. The Labute approximate surface area is 291 Å². The first kappa shape index (κ1) is 27.6. The number of benzene rings is 7. The van der Waals surface area contributed by atoms with E-state index >= 15 is 0 Å². The SMILES string of the molecule is N#Cc1cc(C#N)cc(-n2c3ccccc3c3cc4c(cc32)n2c(-c3ccccc3)cc3cccc(c5cccc6c7ccccc7n4c56)c32)c1.